The minimum Gasteiger partial charge on any atom is -0.271 e. The van der Waals surface area contributed by atoms with Crippen LogP contribution in [0.2, 0.25) is 0 Å². The van der Waals surface area contributed by atoms with Crippen LogP contribution < -0.4 is 0 Å². The van der Waals surface area contributed by atoms with E-state index in [1.54, 1.807) is 18.2 Å². The Balaban J connectivity index is 1.66. The zero-order chi connectivity index (χ0) is 17.3. The molecule has 1 aromatic heterocycles. The van der Waals surface area contributed by atoms with E-state index in [0.29, 0.717) is 0 Å². The van der Waals surface area contributed by atoms with E-state index in [4.69, 9.17) is 4.18 Å². The van der Waals surface area contributed by atoms with Gasteiger partial charge < -0.3 is 0 Å². The molecule has 0 aliphatic carbocycles. The van der Waals surface area contributed by atoms with Crippen LogP contribution in [0.5, 0.6) is 0 Å². The maximum atomic E-state index is 12.1. The molecule has 0 unspecified atom stereocenters. The van der Waals surface area contributed by atoms with Gasteiger partial charge in [-0.3, -0.25) is 23.7 Å². The summed E-state index contributed by atoms with van der Waals surface area (Å²) in [5.41, 5.74) is 1.21. The van der Waals surface area contributed by atoms with Crippen LogP contribution in [-0.2, 0) is 14.3 Å². The maximum Gasteiger partial charge on any atom is 0.297 e. The topological polar surface area (TPSA) is 93.6 Å². The first-order valence-electron chi connectivity index (χ1n) is 7.17. The number of fused-ring (bicyclic) bond motifs is 1. The smallest absolute Gasteiger partial charge is 0.271 e. The molecule has 0 saturated carbocycles. The van der Waals surface area contributed by atoms with E-state index in [9.17, 15) is 18.0 Å². The van der Waals surface area contributed by atoms with Crippen molar-refractivity contribution < 1.29 is 22.2 Å². The lowest BCUT2D eigenvalue weighted by Gasteiger charge is -2.13. The Morgan fingerprint density at radius 1 is 1.08 bits per heavy atom. The summed E-state index contributed by atoms with van der Waals surface area (Å²) in [6.07, 6.45) is 1.42. The van der Waals surface area contributed by atoms with Gasteiger partial charge in [-0.2, -0.15) is 8.42 Å². The van der Waals surface area contributed by atoms with Crippen molar-refractivity contribution in [1.82, 2.24) is 9.88 Å². The molecular formula is C16H14N2O5S. The first kappa shape index (κ1) is 16.3. The van der Waals surface area contributed by atoms with Crippen molar-refractivity contribution >= 4 is 21.9 Å². The number of rotatable bonds is 5. The Bertz CT molecular complexity index is 871. The molecule has 1 aromatic carbocycles. The van der Waals surface area contributed by atoms with Gasteiger partial charge in [0, 0.05) is 6.20 Å². The number of amides is 2. The lowest BCUT2D eigenvalue weighted by molar-refractivity contribution is 0.0630. The largest absolute Gasteiger partial charge is 0.297 e. The number of pyridine rings is 1. The number of carbonyl (C=O) groups is 2. The van der Waals surface area contributed by atoms with Gasteiger partial charge in [0.05, 0.1) is 23.6 Å². The second-order valence-electron chi connectivity index (χ2n) is 5.25. The normalized spacial score (nSPS) is 14.1. The molecule has 124 valence electrons. The predicted molar refractivity (Wildman–Crippen MR) is 83.9 cm³/mol. The standard InChI is InChI=1S/C16H14N2O5S/c1-11-4-6-12(7-5-11)24(21,22)23-10-9-18-15(19)13-3-2-8-17-14(13)16(18)20/h2-8H,9-10H2,1H3. The number of carbonyl (C=O) groups excluding carboxylic acids is 2. The summed E-state index contributed by atoms with van der Waals surface area (Å²) >= 11 is 0. The second kappa shape index (κ2) is 6.14. The third-order valence-electron chi connectivity index (χ3n) is 3.59. The fraction of sp³-hybridized carbons (Fsp3) is 0.188. The van der Waals surface area contributed by atoms with Gasteiger partial charge in [-0.15, -0.1) is 0 Å². The Morgan fingerprint density at radius 3 is 2.46 bits per heavy atom. The molecule has 0 atom stereocenters. The van der Waals surface area contributed by atoms with Crippen LogP contribution in [0.15, 0.2) is 47.5 Å². The average Bonchev–Trinajstić information content (AvgIpc) is 2.80. The lowest BCUT2D eigenvalue weighted by atomic mass is 10.2. The molecule has 1 aliphatic heterocycles. The van der Waals surface area contributed by atoms with Crippen molar-refractivity contribution in [1.29, 1.82) is 0 Å². The van der Waals surface area contributed by atoms with Gasteiger partial charge >= 0.3 is 0 Å². The fourth-order valence-electron chi connectivity index (χ4n) is 2.33. The minimum atomic E-state index is -3.94. The van der Waals surface area contributed by atoms with Gasteiger partial charge in [0.2, 0.25) is 0 Å². The summed E-state index contributed by atoms with van der Waals surface area (Å²) in [5, 5.41) is 0. The molecule has 2 aromatic rings. The summed E-state index contributed by atoms with van der Waals surface area (Å²) in [4.78, 5) is 29.1. The van der Waals surface area contributed by atoms with E-state index in [-0.39, 0.29) is 29.3 Å². The van der Waals surface area contributed by atoms with E-state index in [1.165, 1.54) is 24.4 Å². The Hall–Kier alpha value is -2.58. The zero-order valence-electron chi connectivity index (χ0n) is 12.8. The van der Waals surface area contributed by atoms with E-state index < -0.39 is 21.9 Å². The van der Waals surface area contributed by atoms with Crippen LogP contribution in [0, 0.1) is 6.92 Å². The Morgan fingerprint density at radius 2 is 1.79 bits per heavy atom. The summed E-state index contributed by atoms with van der Waals surface area (Å²) in [5.74, 6) is -1.05. The van der Waals surface area contributed by atoms with Crippen molar-refractivity contribution in [2.75, 3.05) is 13.2 Å². The quantitative estimate of drug-likeness (QED) is 0.600. The molecule has 1 aliphatic rings. The van der Waals surface area contributed by atoms with Crippen molar-refractivity contribution in [3.63, 3.8) is 0 Å². The van der Waals surface area contributed by atoms with Crippen molar-refractivity contribution in [3.05, 3.63) is 59.4 Å². The second-order valence-corrected chi connectivity index (χ2v) is 6.87. The Kier molecular flexibility index (Phi) is 4.16. The molecule has 3 rings (SSSR count). The predicted octanol–water partition coefficient (Wildman–Crippen LogP) is 1.39. The molecule has 0 spiro atoms. The summed E-state index contributed by atoms with van der Waals surface area (Å²) < 4.78 is 29.1. The van der Waals surface area contributed by atoms with E-state index >= 15 is 0 Å². The monoisotopic (exact) mass is 346 g/mol. The lowest BCUT2D eigenvalue weighted by Crippen LogP contribution is -2.33. The van der Waals surface area contributed by atoms with E-state index in [2.05, 4.69) is 4.98 Å². The first-order chi connectivity index (χ1) is 11.4. The van der Waals surface area contributed by atoms with Gasteiger partial charge in [0.25, 0.3) is 21.9 Å². The van der Waals surface area contributed by atoms with Crippen LogP contribution in [0.1, 0.15) is 26.4 Å². The van der Waals surface area contributed by atoms with E-state index in [0.717, 1.165) is 10.5 Å². The molecule has 0 radical (unpaired) electrons. The maximum absolute atomic E-state index is 12.1. The van der Waals surface area contributed by atoms with Gasteiger partial charge in [-0.05, 0) is 31.2 Å². The third-order valence-corrected chi connectivity index (χ3v) is 4.92. The number of hydrogen-bond acceptors (Lipinski definition) is 6. The van der Waals surface area contributed by atoms with Crippen LogP contribution in [0.3, 0.4) is 0 Å². The summed E-state index contributed by atoms with van der Waals surface area (Å²) in [6, 6.07) is 9.27. The molecule has 7 nitrogen and oxygen atoms in total. The van der Waals surface area contributed by atoms with Crippen LogP contribution in [0.25, 0.3) is 0 Å². The summed E-state index contributed by atoms with van der Waals surface area (Å²) in [6.45, 7) is 1.36. The van der Waals surface area contributed by atoms with Crippen molar-refractivity contribution in [2.45, 2.75) is 11.8 Å². The zero-order valence-corrected chi connectivity index (χ0v) is 13.6. The first-order valence-corrected chi connectivity index (χ1v) is 8.58. The number of imide groups is 1. The molecular weight excluding hydrogens is 332 g/mol. The molecule has 0 N–H and O–H groups in total. The highest BCUT2D eigenvalue weighted by molar-refractivity contribution is 7.86. The average molecular weight is 346 g/mol. The molecule has 0 bridgehead atoms. The van der Waals surface area contributed by atoms with Crippen LogP contribution >= 0.6 is 0 Å². The van der Waals surface area contributed by atoms with Crippen LogP contribution in [-0.4, -0.2) is 43.3 Å². The molecule has 0 fully saturated rings. The SMILES string of the molecule is Cc1ccc(S(=O)(=O)OCCN2C(=O)c3cccnc3C2=O)cc1. The highest BCUT2D eigenvalue weighted by Gasteiger charge is 2.36. The number of nitrogens with zero attached hydrogens (tertiary/aromatic N) is 2. The third kappa shape index (κ3) is 2.93. The molecule has 2 heterocycles. The highest BCUT2D eigenvalue weighted by Crippen LogP contribution is 2.20. The van der Waals surface area contributed by atoms with Gasteiger partial charge in [0.15, 0.2) is 0 Å². The Labute approximate surface area is 139 Å². The number of hydrogen-bond donors (Lipinski definition) is 0. The summed E-state index contributed by atoms with van der Waals surface area (Å²) in [7, 11) is -3.94. The highest BCUT2D eigenvalue weighted by atomic mass is 32.2. The molecule has 8 heteroatoms. The number of aromatic nitrogens is 1. The molecule has 2 amide bonds. The fourth-order valence-corrected chi connectivity index (χ4v) is 3.23. The van der Waals surface area contributed by atoms with Crippen molar-refractivity contribution in [2.24, 2.45) is 0 Å². The van der Waals surface area contributed by atoms with Gasteiger partial charge in [-0.1, -0.05) is 17.7 Å². The van der Waals surface area contributed by atoms with Crippen molar-refractivity contribution in [3.8, 4) is 0 Å². The minimum absolute atomic E-state index is 0.0251. The number of aryl methyl sites for hydroxylation is 1. The molecule has 24 heavy (non-hydrogen) atoms. The van der Waals surface area contributed by atoms with Gasteiger partial charge in [0.1, 0.15) is 5.69 Å². The molecule has 0 saturated heterocycles. The number of benzene rings is 1. The van der Waals surface area contributed by atoms with Gasteiger partial charge in [-0.25, -0.2) is 0 Å². The van der Waals surface area contributed by atoms with Crippen LogP contribution in [0.4, 0.5) is 0 Å². The van der Waals surface area contributed by atoms with E-state index in [1.807, 2.05) is 6.92 Å².